The fourth-order valence-corrected chi connectivity index (χ4v) is 4.24. The van der Waals surface area contributed by atoms with Crippen LogP contribution < -0.4 is 4.72 Å². The van der Waals surface area contributed by atoms with Crippen LogP contribution in [0.2, 0.25) is 0 Å². The summed E-state index contributed by atoms with van der Waals surface area (Å²) in [4.78, 5) is 2.33. The van der Waals surface area contributed by atoms with Crippen LogP contribution in [0.3, 0.4) is 0 Å². The predicted molar refractivity (Wildman–Crippen MR) is 91.3 cm³/mol. The summed E-state index contributed by atoms with van der Waals surface area (Å²) in [5.74, 6) is 0.743. The maximum Gasteiger partial charge on any atom is 0.279 e. The summed E-state index contributed by atoms with van der Waals surface area (Å²) in [6.07, 6.45) is 2.54. The van der Waals surface area contributed by atoms with Crippen molar-refractivity contribution in [2.75, 3.05) is 33.2 Å². The van der Waals surface area contributed by atoms with E-state index in [-0.39, 0.29) is 6.04 Å². The van der Waals surface area contributed by atoms with Crippen LogP contribution in [0.1, 0.15) is 27.2 Å². The van der Waals surface area contributed by atoms with E-state index < -0.39 is 10.2 Å². The maximum atomic E-state index is 12.3. The minimum absolute atomic E-state index is 0.0444. The van der Waals surface area contributed by atoms with E-state index in [4.69, 9.17) is 0 Å². The number of nitrogens with one attached hydrogen (secondary N) is 1. The van der Waals surface area contributed by atoms with Gasteiger partial charge in [-0.25, -0.2) is 4.68 Å². The number of nitrogens with zero attached hydrogens (tertiary/aromatic N) is 6. The van der Waals surface area contributed by atoms with E-state index >= 15 is 0 Å². The molecule has 0 aromatic carbocycles. The summed E-state index contributed by atoms with van der Waals surface area (Å²) in [6, 6.07) is -0.0444. The highest BCUT2D eigenvalue weighted by molar-refractivity contribution is 7.87. The fraction of sp³-hybridized carbons (Fsp3) is 0.929. The summed E-state index contributed by atoms with van der Waals surface area (Å²) in [7, 11) is -1.81. The van der Waals surface area contributed by atoms with Crippen molar-refractivity contribution in [2.24, 2.45) is 11.8 Å². The van der Waals surface area contributed by atoms with Gasteiger partial charge in [-0.3, -0.25) is 0 Å². The second-order valence-electron chi connectivity index (χ2n) is 6.74. The van der Waals surface area contributed by atoms with Crippen molar-refractivity contribution in [3.05, 3.63) is 6.33 Å². The largest absolute Gasteiger partial charge is 0.301 e. The van der Waals surface area contributed by atoms with E-state index in [0.717, 1.165) is 32.6 Å². The van der Waals surface area contributed by atoms with Gasteiger partial charge >= 0.3 is 0 Å². The molecule has 1 aromatic heterocycles. The Kier molecular flexibility index (Phi) is 6.67. The topological polar surface area (TPSA) is 96.2 Å². The van der Waals surface area contributed by atoms with Crippen LogP contribution in [0, 0.1) is 11.8 Å². The lowest BCUT2D eigenvalue weighted by atomic mass is 9.92. The Morgan fingerprint density at radius 3 is 2.67 bits per heavy atom. The summed E-state index contributed by atoms with van der Waals surface area (Å²) in [6.45, 7) is 9.94. The average Bonchev–Trinajstić information content (AvgIpc) is 3.16. The van der Waals surface area contributed by atoms with Crippen molar-refractivity contribution < 1.29 is 8.42 Å². The standard InChI is InChI=1S/C14H29N7O2S/c1-5-19(4)24(22,23)16-14-10-20(9-13(14)12(2)3)7-6-8-21-11-15-17-18-21/h11-14,16H,5-10H2,1-4H3/t13-,14+/m1/s1. The minimum atomic E-state index is -3.41. The molecular weight excluding hydrogens is 330 g/mol. The van der Waals surface area contributed by atoms with Crippen molar-refractivity contribution in [1.29, 1.82) is 0 Å². The highest BCUT2D eigenvalue weighted by Gasteiger charge is 2.37. The molecule has 0 unspecified atom stereocenters. The first-order valence-electron chi connectivity index (χ1n) is 8.50. The molecule has 0 aliphatic carbocycles. The van der Waals surface area contributed by atoms with Gasteiger partial charge in [-0.15, -0.1) is 5.10 Å². The van der Waals surface area contributed by atoms with Gasteiger partial charge in [0, 0.05) is 39.3 Å². The molecule has 10 heteroatoms. The predicted octanol–water partition coefficient (Wildman–Crippen LogP) is -0.194. The zero-order valence-electron chi connectivity index (χ0n) is 15.0. The van der Waals surface area contributed by atoms with Crippen molar-refractivity contribution in [3.8, 4) is 0 Å². The van der Waals surface area contributed by atoms with E-state index in [9.17, 15) is 8.42 Å². The molecule has 1 fully saturated rings. The van der Waals surface area contributed by atoms with Crippen LogP contribution in [-0.2, 0) is 16.8 Å². The van der Waals surface area contributed by atoms with Gasteiger partial charge in [0.1, 0.15) is 6.33 Å². The Labute approximate surface area is 144 Å². The number of aryl methyl sites for hydroxylation is 1. The van der Waals surface area contributed by atoms with Crippen molar-refractivity contribution in [1.82, 2.24) is 34.1 Å². The first-order chi connectivity index (χ1) is 11.3. The van der Waals surface area contributed by atoms with Gasteiger partial charge in [-0.05, 0) is 35.2 Å². The van der Waals surface area contributed by atoms with Crippen LogP contribution in [0.4, 0.5) is 0 Å². The lowest BCUT2D eigenvalue weighted by molar-refractivity contribution is 0.291. The molecule has 1 aliphatic rings. The number of hydrogen-bond donors (Lipinski definition) is 1. The third-order valence-electron chi connectivity index (χ3n) is 4.71. The molecule has 0 radical (unpaired) electrons. The Bertz CT molecular complexity index is 590. The van der Waals surface area contributed by atoms with Crippen LogP contribution in [0.15, 0.2) is 6.33 Å². The van der Waals surface area contributed by atoms with Crippen LogP contribution >= 0.6 is 0 Å². The zero-order valence-corrected chi connectivity index (χ0v) is 15.8. The van der Waals surface area contributed by atoms with Crippen molar-refractivity contribution in [3.63, 3.8) is 0 Å². The van der Waals surface area contributed by atoms with Crippen molar-refractivity contribution >= 4 is 10.2 Å². The van der Waals surface area contributed by atoms with Crippen LogP contribution in [0.25, 0.3) is 0 Å². The number of tetrazole rings is 1. The van der Waals surface area contributed by atoms with Gasteiger partial charge in [0.2, 0.25) is 0 Å². The third kappa shape index (κ3) is 4.95. The van der Waals surface area contributed by atoms with E-state index in [1.807, 2.05) is 6.92 Å². The Balaban J connectivity index is 1.90. The summed E-state index contributed by atoms with van der Waals surface area (Å²) in [5.41, 5.74) is 0. The first-order valence-corrected chi connectivity index (χ1v) is 9.94. The van der Waals surface area contributed by atoms with Gasteiger partial charge in [0.25, 0.3) is 10.2 Å². The molecule has 9 nitrogen and oxygen atoms in total. The molecule has 2 atom stereocenters. The van der Waals surface area contributed by atoms with Gasteiger partial charge in [0.05, 0.1) is 0 Å². The Morgan fingerprint density at radius 1 is 1.33 bits per heavy atom. The highest BCUT2D eigenvalue weighted by Crippen LogP contribution is 2.25. The fourth-order valence-electron chi connectivity index (χ4n) is 3.09. The molecular formula is C14H29N7O2S. The summed E-state index contributed by atoms with van der Waals surface area (Å²) < 4.78 is 30.6. The van der Waals surface area contributed by atoms with Crippen molar-refractivity contribution in [2.45, 2.75) is 39.8 Å². The Hall–Kier alpha value is -1.10. The smallest absolute Gasteiger partial charge is 0.279 e. The normalized spacial score (nSPS) is 22.8. The van der Waals surface area contributed by atoms with E-state index in [2.05, 4.69) is 39.0 Å². The lowest BCUT2D eigenvalue weighted by Crippen LogP contribution is -2.47. The summed E-state index contributed by atoms with van der Waals surface area (Å²) >= 11 is 0. The van der Waals surface area contributed by atoms with E-state index in [1.165, 1.54) is 4.31 Å². The maximum absolute atomic E-state index is 12.3. The highest BCUT2D eigenvalue weighted by atomic mass is 32.2. The molecule has 1 saturated heterocycles. The molecule has 1 aliphatic heterocycles. The van der Waals surface area contributed by atoms with Crippen LogP contribution in [0.5, 0.6) is 0 Å². The first kappa shape index (κ1) is 19.2. The second kappa shape index (κ2) is 8.32. The van der Waals surface area contributed by atoms with Gasteiger partial charge < -0.3 is 4.90 Å². The van der Waals surface area contributed by atoms with E-state index in [0.29, 0.717) is 18.4 Å². The molecule has 2 rings (SSSR count). The SMILES string of the molecule is CCN(C)S(=O)(=O)N[C@H]1CN(CCCn2cnnn2)C[C@@H]1C(C)C. The molecule has 24 heavy (non-hydrogen) atoms. The number of likely N-dealkylation sites (tertiary alicyclic amines) is 1. The quantitative estimate of drug-likeness (QED) is 0.656. The second-order valence-corrected chi connectivity index (χ2v) is 8.55. The van der Waals surface area contributed by atoms with Gasteiger partial charge in [-0.1, -0.05) is 20.8 Å². The number of aromatic nitrogens is 4. The number of hydrogen-bond acceptors (Lipinski definition) is 6. The molecule has 0 saturated carbocycles. The minimum Gasteiger partial charge on any atom is -0.301 e. The number of rotatable bonds is 9. The zero-order chi connectivity index (χ0) is 17.7. The Morgan fingerprint density at radius 2 is 2.08 bits per heavy atom. The molecule has 0 spiro atoms. The monoisotopic (exact) mass is 359 g/mol. The van der Waals surface area contributed by atoms with Crippen LogP contribution in [-0.4, -0.2) is 77.1 Å². The van der Waals surface area contributed by atoms with Gasteiger partial charge in [-0.2, -0.15) is 17.4 Å². The van der Waals surface area contributed by atoms with Gasteiger partial charge in [0.15, 0.2) is 0 Å². The molecule has 1 aromatic rings. The van der Waals surface area contributed by atoms with E-state index in [1.54, 1.807) is 18.1 Å². The molecule has 138 valence electrons. The third-order valence-corrected chi connectivity index (χ3v) is 6.39. The lowest BCUT2D eigenvalue weighted by Gasteiger charge is -2.25. The molecule has 1 N–H and O–H groups in total. The molecule has 0 bridgehead atoms. The average molecular weight is 360 g/mol. The molecule has 2 heterocycles. The summed E-state index contributed by atoms with van der Waals surface area (Å²) in [5, 5.41) is 11.1. The molecule has 0 amide bonds.